The Kier molecular flexibility index (Phi) is 6.30. The van der Waals surface area contributed by atoms with E-state index in [9.17, 15) is 8.42 Å². The molecule has 1 aliphatic rings. The highest BCUT2D eigenvalue weighted by atomic mass is 32.2. The van der Waals surface area contributed by atoms with E-state index >= 15 is 0 Å². The Morgan fingerprint density at radius 3 is 2.81 bits per heavy atom. The maximum absolute atomic E-state index is 12.8. The molecule has 1 fully saturated rings. The van der Waals surface area contributed by atoms with E-state index in [0.29, 0.717) is 4.21 Å². The normalized spacial score (nSPS) is 24.3. The first-order valence-electron chi connectivity index (χ1n) is 9.10. The molecule has 27 heavy (non-hydrogen) atoms. The van der Waals surface area contributed by atoms with Crippen LogP contribution in [0.1, 0.15) is 38.2 Å². The zero-order valence-electron chi connectivity index (χ0n) is 15.5. The molecule has 1 unspecified atom stereocenters. The van der Waals surface area contributed by atoms with Crippen LogP contribution in [0.3, 0.4) is 0 Å². The van der Waals surface area contributed by atoms with Crippen LogP contribution in [0.4, 0.5) is 0 Å². The molecule has 5 nitrogen and oxygen atoms in total. The fourth-order valence-corrected chi connectivity index (χ4v) is 6.96. The summed E-state index contributed by atoms with van der Waals surface area (Å²) in [5, 5.41) is 4.95. The molecule has 0 aromatic carbocycles. The molecule has 0 aliphatic heterocycles. The number of aromatic nitrogens is 1. The number of sulfonamides is 1. The Bertz CT molecular complexity index is 869. The Morgan fingerprint density at radius 1 is 1.37 bits per heavy atom. The van der Waals surface area contributed by atoms with Gasteiger partial charge in [0, 0.05) is 25.5 Å². The van der Waals surface area contributed by atoms with Crippen molar-refractivity contribution in [3.8, 4) is 0 Å². The third-order valence-corrected chi connectivity index (χ3v) is 9.01. The zero-order chi connectivity index (χ0) is 19.5. The van der Waals surface area contributed by atoms with Gasteiger partial charge in [-0.15, -0.1) is 11.3 Å². The summed E-state index contributed by atoms with van der Waals surface area (Å²) in [4.78, 5) is 5.06. The standard InChI is InChI=1S/C19H25N3O2S3/c1-14(22-27(23,24)17-9-6-12-26-17)16-8-3-4-10-19(16,18(25)20-2)15-7-5-11-21-13-15/h5-7,9,11-14,16,22H,3-4,8,10H2,1-2H3,(H,20,25)/t14?,16-,19-/m1/s1. The van der Waals surface area contributed by atoms with Crippen molar-refractivity contribution in [1.29, 1.82) is 0 Å². The minimum Gasteiger partial charge on any atom is -0.382 e. The zero-order valence-corrected chi connectivity index (χ0v) is 18.0. The third kappa shape index (κ3) is 3.94. The maximum Gasteiger partial charge on any atom is 0.250 e. The number of nitrogens with zero attached hydrogens (tertiary/aromatic N) is 1. The fraction of sp³-hybridized carbons (Fsp3) is 0.474. The second-order valence-electron chi connectivity index (χ2n) is 6.99. The first-order valence-corrected chi connectivity index (χ1v) is 11.9. The van der Waals surface area contributed by atoms with Crippen LogP contribution in [0.15, 0.2) is 46.2 Å². The van der Waals surface area contributed by atoms with Gasteiger partial charge in [-0.05, 0) is 48.8 Å². The number of hydrogen-bond acceptors (Lipinski definition) is 5. The molecule has 0 spiro atoms. The molecule has 146 valence electrons. The third-order valence-electron chi connectivity index (χ3n) is 5.48. The van der Waals surface area contributed by atoms with E-state index in [2.05, 4.69) is 21.1 Å². The quantitative estimate of drug-likeness (QED) is 0.696. The summed E-state index contributed by atoms with van der Waals surface area (Å²) < 4.78 is 28.8. The highest BCUT2D eigenvalue weighted by molar-refractivity contribution is 7.91. The van der Waals surface area contributed by atoms with Gasteiger partial charge in [-0.1, -0.05) is 37.2 Å². The topological polar surface area (TPSA) is 71.1 Å². The second-order valence-corrected chi connectivity index (χ2v) is 10.3. The Labute approximate surface area is 170 Å². The van der Waals surface area contributed by atoms with Crippen molar-refractivity contribution in [3.63, 3.8) is 0 Å². The molecule has 3 rings (SSSR count). The molecular formula is C19H25N3O2S3. The van der Waals surface area contributed by atoms with Crippen LogP contribution >= 0.6 is 23.6 Å². The van der Waals surface area contributed by atoms with Crippen LogP contribution in [-0.4, -0.2) is 31.5 Å². The molecule has 1 aliphatic carbocycles. The van der Waals surface area contributed by atoms with Crippen molar-refractivity contribution < 1.29 is 8.42 Å². The Morgan fingerprint density at radius 2 is 2.19 bits per heavy atom. The lowest BCUT2D eigenvalue weighted by Gasteiger charge is -2.47. The van der Waals surface area contributed by atoms with Crippen LogP contribution in [0.2, 0.25) is 0 Å². The van der Waals surface area contributed by atoms with Crippen LogP contribution in [-0.2, 0) is 15.4 Å². The smallest absolute Gasteiger partial charge is 0.250 e. The first kappa shape index (κ1) is 20.4. The number of pyridine rings is 1. The molecule has 0 bridgehead atoms. The highest BCUT2D eigenvalue weighted by Crippen LogP contribution is 2.46. The van der Waals surface area contributed by atoms with Crippen molar-refractivity contribution in [1.82, 2.24) is 15.0 Å². The van der Waals surface area contributed by atoms with E-state index in [4.69, 9.17) is 12.2 Å². The van der Waals surface area contributed by atoms with E-state index in [-0.39, 0.29) is 12.0 Å². The number of likely N-dealkylation sites (N-methyl/N-ethyl adjacent to an activating group) is 1. The van der Waals surface area contributed by atoms with E-state index in [1.54, 1.807) is 23.7 Å². The number of nitrogens with one attached hydrogen (secondary N) is 2. The summed E-state index contributed by atoms with van der Waals surface area (Å²) in [5.41, 5.74) is 0.629. The number of hydrogen-bond donors (Lipinski definition) is 2. The molecular weight excluding hydrogens is 398 g/mol. The van der Waals surface area contributed by atoms with Crippen molar-refractivity contribution in [2.45, 2.75) is 48.3 Å². The van der Waals surface area contributed by atoms with Crippen molar-refractivity contribution in [2.75, 3.05) is 7.05 Å². The summed E-state index contributed by atoms with van der Waals surface area (Å²) in [6.07, 6.45) is 7.52. The average molecular weight is 424 g/mol. The lowest BCUT2D eigenvalue weighted by Crippen LogP contribution is -2.55. The lowest BCUT2D eigenvalue weighted by molar-refractivity contribution is 0.213. The predicted molar refractivity (Wildman–Crippen MR) is 114 cm³/mol. The summed E-state index contributed by atoms with van der Waals surface area (Å²) in [6, 6.07) is 7.09. The van der Waals surface area contributed by atoms with Gasteiger partial charge in [0.15, 0.2) is 0 Å². The van der Waals surface area contributed by atoms with Gasteiger partial charge in [0.05, 0.1) is 10.4 Å². The first-order chi connectivity index (χ1) is 12.9. The summed E-state index contributed by atoms with van der Waals surface area (Å²) in [6.45, 7) is 1.95. The number of thiophene rings is 1. The minimum absolute atomic E-state index is 0.0464. The molecule has 2 heterocycles. The van der Waals surface area contributed by atoms with Gasteiger partial charge in [-0.3, -0.25) is 4.98 Å². The molecule has 3 atom stereocenters. The Hall–Kier alpha value is -1.35. The molecule has 2 N–H and O–H groups in total. The Balaban J connectivity index is 1.99. The van der Waals surface area contributed by atoms with Gasteiger partial charge >= 0.3 is 0 Å². The van der Waals surface area contributed by atoms with E-state index in [0.717, 1.165) is 36.2 Å². The van der Waals surface area contributed by atoms with Crippen LogP contribution in [0.25, 0.3) is 0 Å². The predicted octanol–water partition coefficient (Wildman–Crippen LogP) is 3.48. The van der Waals surface area contributed by atoms with Crippen molar-refractivity contribution in [2.24, 2.45) is 5.92 Å². The molecule has 2 aromatic rings. The van der Waals surface area contributed by atoms with E-state index in [1.165, 1.54) is 11.3 Å². The van der Waals surface area contributed by atoms with Crippen LogP contribution < -0.4 is 10.0 Å². The second kappa shape index (κ2) is 8.34. The molecule has 2 aromatic heterocycles. The summed E-state index contributed by atoms with van der Waals surface area (Å²) in [5.74, 6) is 0.0464. The minimum atomic E-state index is -3.54. The number of rotatable bonds is 6. The molecule has 1 saturated carbocycles. The molecule has 0 saturated heterocycles. The molecule has 8 heteroatoms. The number of thiocarbonyl (C=S) groups is 1. The van der Waals surface area contributed by atoms with Gasteiger partial charge in [0.2, 0.25) is 10.0 Å². The van der Waals surface area contributed by atoms with Crippen LogP contribution in [0.5, 0.6) is 0 Å². The van der Waals surface area contributed by atoms with Crippen molar-refractivity contribution in [3.05, 3.63) is 47.6 Å². The van der Waals surface area contributed by atoms with E-state index < -0.39 is 15.4 Å². The average Bonchev–Trinajstić information content (AvgIpc) is 3.23. The SMILES string of the molecule is CNC(=S)[C@@]1(c2cccnc2)CCCC[C@@H]1C(C)NS(=O)(=O)c1cccs1. The fourth-order valence-electron chi connectivity index (χ4n) is 4.30. The molecule has 0 amide bonds. The van der Waals surface area contributed by atoms with Gasteiger partial charge in [-0.25, -0.2) is 13.1 Å². The summed E-state index contributed by atoms with van der Waals surface area (Å²) in [7, 11) is -1.70. The van der Waals surface area contributed by atoms with Crippen LogP contribution in [0, 0.1) is 5.92 Å². The van der Waals surface area contributed by atoms with Gasteiger partial charge in [-0.2, -0.15) is 0 Å². The molecule has 0 radical (unpaired) electrons. The maximum atomic E-state index is 12.8. The van der Waals surface area contributed by atoms with Crippen molar-refractivity contribution >= 4 is 38.6 Å². The van der Waals surface area contributed by atoms with Gasteiger partial charge < -0.3 is 5.32 Å². The van der Waals surface area contributed by atoms with Gasteiger partial charge in [0.1, 0.15) is 4.21 Å². The summed E-state index contributed by atoms with van der Waals surface area (Å²) >= 11 is 7.00. The largest absolute Gasteiger partial charge is 0.382 e. The van der Waals surface area contributed by atoms with Gasteiger partial charge in [0.25, 0.3) is 0 Å². The monoisotopic (exact) mass is 423 g/mol. The lowest BCUT2D eigenvalue weighted by atomic mass is 9.60. The highest BCUT2D eigenvalue weighted by Gasteiger charge is 2.48. The van der Waals surface area contributed by atoms with E-state index in [1.807, 2.05) is 26.2 Å².